The van der Waals surface area contributed by atoms with Crippen molar-refractivity contribution in [3.8, 4) is 0 Å². The molecule has 1 N–H and O–H groups in total. The number of hydrogen-bond acceptors (Lipinski definition) is 4. The molecule has 0 saturated carbocycles. The maximum atomic E-state index is 4.29. The van der Waals surface area contributed by atoms with Crippen LogP contribution in [0.1, 0.15) is 47.6 Å². The van der Waals surface area contributed by atoms with Gasteiger partial charge in [-0.3, -0.25) is 0 Å². The Morgan fingerprint density at radius 2 is 1.68 bits per heavy atom. The average Bonchev–Trinajstić information content (AvgIpc) is 3.17. The van der Waals surface area contributed by atoms with E-state index in [2.05, 4.69) is 89.3 Å². The summed E-state index contributed by atoms with van der Waals surface area (Å²) >= 11 is 0. The normalized spacial score (nSPS) is 19.9. The highest BCUT2D eigenvalue weighted by Crippen LogP contribution is 2.43. The van der Waals surface area contributed by atoms with E-state index < -0.39 is 0 Å². The lowest BCUT2D eigenvalue weighted by Gasteiger charge is -2.34. The van der Waals surface area contributed by atoms with E-state index >= 15 is 0 Å². The fraction of sp³-hybridized carbons (Fsp3) is 0.261. The van der Waals surface area contributed by atoms with Crippen LogP contribution in [-0.4, -0.2) is 20.2 Å². The Bertz CT molecular complexity index is 1070. The molecule has 2 heterocycles. The van der Waals surface area contributed by atoms with Gasteiger partial charge in [0.2, 0.25) is 5.95 Å². The van der Waals surface area contributed by atoms with Gasteiger partial charge >= 0.3 is 0 Å². The van der Waals surface area contributed by atoms with E-state index in [1.807, 2.05) is 4.68 Å². The summed E-state index contributed by atoms with van der Waals surface area (Å²) in [6.07, 6.45) is 5.54. The number of rotatable bonds is 2. The molecule has 5 nitrogen and oxygen atoms in total. The maximum absolute atomic E-state index is 4.29. The number of aromatic nitrogens is 4. The summed E-state index contributed by atoms with van der Waals surface area (Å²) in [7, 11) is 0. The minimum atomic E-state index is 0.0450. The van der Waals surface area contributed by atoms with Crippen molar-refractivity contribution in [2.75, 3.05) is 5.32 Å². The molecule has 0 radical (unpaired) electrons. The van der Waals surface area contributed by atoms with Crippen molar-refractivity contribution in [2.45, 2.75) is 39.2 Å². The number of hydrogen-bond donors (Lipinski definition) is 1. The van der Waals surface area contributed by atoms with Crippen LogP contribution in [0.3, 0.4) is 0 Å². The van der Waals surface area contributed by atoms with Gasteiger partial charge in [0.15, 0.2) is 0 Å². The molecule has 0 saturated heterocycles. The number of fused-ring (bicyclic) bond motifs is 1. The highest BCUT2D eigenvalue weighted by Gasteiger charge is 2.33. The molecule has 2 aliphatic rings. The Labute approximate surface area is 164 Å². The molecule has 0 spiro atoms. The quantitative estimate of drug-likeness (QED) is 0.703. The van der Waals surface area contributed by atoms with Crippen LogP contribution in [0, 0.1) is 13.8 Å². The number of aryl methyl sites for hydroxylation is 2. The lowest BCUT2D eigenvalue weighted by atomic mass is 9.83. The van der Waals surface area contributed by atoms with Gasteiger partial charge in [-0.1, -0.05) is 64.8 Å². The van der Waals surface area contributed by atoms with Crippen molar-refractivity contribution in [1.29, 1.82) is 0 Å². The first-order chi connectivity index (χ1) is 13.7. The molecule has 0 amide bonds. The van der Waals surface area contributed by atoms with Crippen LogP contribution < -0.4 is 5.32 Å². The van der Waals surface area contributed by atoms with E-state index in [-0.39, 0.29) is 6.04 Å². The van der Waals surface area contributed by atoms with Gasteiger partial charge in [-0.05, 0) is 71.9 Å². The summed E-state index contributed by atoms with van der Waals surface area (Å²) in [5.41, 5.74) is 8.88. The van der Waals surface area contributed by atoms with Crippen LogP contribution in [0.15, 0.2) is 65.4 Å². The number of allylic oxidation sites excluding steroid dienone is 2. The molecule has 3 aromatic rings. The second-order valence-electron chi connectivity index (χ2n) is 7.72. The number of nitrogens with one attached hydrogen (secondary N) is 1. The fourth-order valence-electron chi connectivity index (χ4n) is 4.17. The Balaban J connectivity index is 1.63. The Kier molecular flexibility index (Phi) is 4.08. The zero-order chi connectivity index (χ0) is 19.1. The molecule has 1 aliphatic carbocycles. The molecule has 1 aromatic heterocycles. The SMILES string of the molecule is Cc1ccc(C=C2CCCC3=C2Nc2nnnn2C3c2ccc(C)cc2)cc1. The van der Waals surface area contributed by atoms with Gasteiger partial charge in [-0.15, -0.1) is 0 Å². The van der Waals surface area contributed by atoms with Crippen molar-refractivity contribution in [3.05, 3.63) is 87.6 Å². The molecular formula is C23H23N5. The third-order valence-corrected chi connectivity index (χ3v) is 5.65. The number of nitrogens with zero attached hydrogens (tertiary/aromatic N) is 4. The second kappa shape index (κ2) is 6.75. The molecule has 28 heavy (non-hydrogen) atoms. The lowest BCUT2D eigenvalue weighted by Crippen LogP contribution is -2.28. The predicted molar refractivity (Wildman–Crippen MR) is 111 cm³/mol. The van der Waals surface area contributed by atoms with E-state index in [1.165, 1.54) is 39.1 Å². The van der Waals surface area contributed by atoms with E-state index in [1.54, 1.807) is 0 Å². The molecular weight excluding hydrogens is 346 g/mol. The first-order valence-electron chi connectivity index (χ1n) is 9.81. The van der Waals surface area contributed by atoms with Crippen molar-refractivity contribution < 1.29 is 0 Å². The minimum absolute atomic E-state index is 0.0450. The van der Waals surface area contributed by atoms with Crippen LogP contribution >= 0.6 is 0 Å². The molecule has 2 aromatic carbocycles. The van der Waals surface area contributed by atoms with Crippen molar-refractivity contribution in [3.63, 3.8) is 0 Å². The van der Waals surface area contributed by atoms with Crippen LogP contribution in [0.2, 0.25) is 0 Å². The van der Waals surface area contributed by atoms with Gasteiger partial charge in [0.05, 0.1) is 0 Å². The van der Waals surface area contributed by atoms with Gasteiger partial charge in [-0.2, -0.15) is 4.68 Å². The third kappa shape index (κ3) is 2.93. The Morgan fingerprint density at radius 3 is 2.43 bits per heavy atom. The zero-order valence-electron chi connectivity index (χ0n) is 16.2. The fourth-order valence-corrected chi connectivity index (χ4v) is 4.17. The molecule has 5 rings (SSSR count). The van der Waals surface area contributed by atoms with Crippen LogP contribution in [0.5, 0.6) is 0 Å². The van der Waals surface area contributed by atoms with Crippen LogP contribution in [-0.2, 0) is 0 Å². The number of anilines is 1. The summed E-state index contributed by atoms with van der Waals surface area (Å²) in [4.78, 5) is 0. The van der Waals surface area contributed by atoms with Gasteiger partial charge in [-0.25, -0.2) is 0 Å². The molecule has 1 aliphatic heterocycles. The average molecular weight is 369 g/mol. The van der Waals surface area contributed by atoms with Crippen molar-refractivity contribution in [1.82, 2.24) is 20.2 Å². The number of tetrazole rings is 1. The third-order valence-electron chi connectivity index (χ3n) is 5.65. The van der Waals surface area contributed by atoms with E-state index in [4.69, 9.17) is 0 Å². The Morgan fingerprint density at radius 1 is 0.964 bits per heavy atom. The molecule has 1 atom stereocenters. The van der Waals surface area contributed by atoms with E-state index in [0.29, 0.717) is 5.95 Å². The monoisotopic (exact) mass is 369 g/mol. The van der Waals surface area contributed by atoms with Crippen molar-refractivity contribution >= 4 is 12.0 Å². The van der Waals surface area contributed by atoms with Gasteiger partial charge < -0.3 is 5.32 Å². The first kappa shape index (κ1) is 16.9. The van der Waals surface area contributed by atoms with Gasteiger partial charge in [0.25, 0.3) is 0 Å². The standard InChI is InChI=1S/C23H23N5/c1-15-6-10-17(11-7-15)14-19-4-3-5-20-21(19)24-23-25-26-27-28(23)22(20)18-12-8-16(2)9-13-18/h6-14,22H,3-5H2,1-2H3,(H,24,25,27). The molecule has 140 valence electrons. The van der Waals surface area contributed by atoms with Crippen molar-refractivity contribution in [2.24, 2.45) is 0 Å². The molecule has 1 unspecified atom stereocenters. The molecule has 5 heteroatoms. The Hall–Kier alpha value is -3.21. The molecule has 0 bridgehead atoms. The van der Waals surface area contributed by atoms with Gasteiger partial charge in [0.1, 0.15) is 6.04 Å². The molecule has 0 fully saturated rings. The van der Waals surface area contributed by atoms with E-state index in [0.717, 1.165) is 19.3 Å². The summed E-state index contributed by atoms with van der Waals surface area (Å²) in [5.74, 6) is 0.709. The lowest BCUT2D eigenvalue weighted by molar-refractivity contribution is 0.524. The minimum Gasteiger partial charge on any atom is -0.323 e. The highest BCUT2D eigenvalue weighted by molar-refractivity contribution is 5.65. The summed E-state index contributed by atoms with van der Waals surface area (Å²) in [6.45, 7) is 4.23. The van der Waals surface area contributed by atoms with Crippen LogP contribution in [0.4, 0.5) is 5.95 Å². The second-order valence-corrected chi connectivity index (χ2v) is 7.72. The zero-order valence-corrected chi connectivity index (χ0v) is 16.2. The topological polar surface area (TPSA) is 55.6 Å². The smallest absolute Gasteiger partial charge is 0.248 e. The van der Waals surface area contributed by atoms with Gasteiger partial charge in [0, 0.05) is 5.70 Å². The summed E-state index contributed by atoms with van der Waals surface area (Å²) < 4.78 is 1.91. The largest absolute Gasteiger partial charge is 0.323 e. The van der Waals surface area contributed by atoms with Crippen LogP contribution in [0.25, 0.3) is 6.08 Å². The summed E-state index contributed by atoms with van der Waals surface area (Å²) in [5, 5.41) is 15.9. The first-order valence-corrected chi connectivity index (χ1v) is 9.81. The highest BCUT2D eigenvalue weighted by atomic mass is 15.6. The van der Waals surface area contributed by atoms with E-state index in [9.17, 15) is 0 Å². The maximum Gasteiger partial charge on any atom is 0.248 e. The number of benzene rings is 2. The predicted octanol–water partition coefficient (Wildman–Crippen LogP) is 4.83. The summed E-state index contributed by atoms with van der Waals surface area (Å²) in [6, 6.07) is 17.4.